The van der Waals surface area contributed by atoms with E-state index >= 15 is 0 Å². The zero-order valence-electron chi connectivity index (χ0n) is 22.1. The van der Waals surface area contributed by atoms with E-state index in [9.17, 15) is 9.90 Å². The summed E-state index contributed by atoms with van der Waals surface area (Å²) < 4.78 is 12.6. The maximum absolute atomic E-state index is 12.9. The second-order valence-electron chi connectivity index (χ2n) is 9.94. The molecule has 0 saturated carbocycles. The normalized spacial score (nSPS) is 13.6. The van der Waals surface area contributed by atoms with Crippen LogP contribution in [0.4, 0.5) is 0 Å². The van der Waals surface area contributed by atoms with Crippen molar-refractivity contribution in [2.75, 3.05) is 26.8 Å². The van der Waals surface area contributed by atoms with E-state index in [1.165, 1.54) is 6.20 Å². The van der Waals surface area contributed by atoms with E-state index in [2.05, 4.69) is 16.0 Å². The van der Waals surface area contributed by atoms with Crippen LogP contribution in [0.2, 0.25) is 0 Å². The highest BCUT2D eigenvalue weighted by molar-refractivity contribution is 5.94. The molecule has 0 unspecified atom stereocenters. The van der Waals surface area contributed by atoms with Crippen LogP contribution in [-0.4, -0.2) is 67.9 Å². The first-order chi connectivity index (χ1) is 18.8. The second kappa shape index (κ2) is 10.6. The highest BCUT2D eigenvalue weighted by Gasteiger charge is 2.21. The molecule has 1 aliphatic rings. The molecule has 0 atom stereocenters. The number of hydrogen-bond acceptors (Lipinski definition) is 7. The van der Waals surface area contributed by atoms with Gasteiger partial charge in [0.2, 0.25) is 5.88 Å². The van der Waals surface area contributed by atoms with E-state index < -0.39 is 5.60 Å². The number of amides is 1. The highest BCUT2D eigenvalue weighted by Crippen LogP contribution is 2.32. The number of aromatic nitrogens is 4. The maximum atomic E-state index is 12.9. The van der Waals surface area contributed by atoms with Gasteiger partial charge in [-0.3, -0.25) is 9.78 Å². The standard InChI is InChI=1S/C30H29N5O4/c1-5-20-17-33-35-18-24(39-19-30(2,3)37)14-25(28(20)35)22-6-8-26(31-15-22)21-10-12-34(13-11-21)29(36)23-7-9-27(38-4)32-16-23/h1,6-10,14-18,37H,11-13,19H2,2-4H3. The van der Waals surface area contributed by atoms with Crippen LogP contribution < -0.4 is 9.47 Å². The minimum atomic E-state index is -0.980. The molecule has 0 radical (unpaired) electrons. The second-order valence-corrected chi connectivity index (χ2v) is 9.94. The van der Waals surface area contributed by atoms with E-state index in [1.807, 2.05) is 24.3 Å². The first-order valence-electron chi connectivity index (χ1n) is 12.5. The predicted octanol–water partition coefficient (Wildman–Crippen LogP) is 3.86. The lowest BCUT2D eigenvalue weighted by atomic mass is 10.0. The fraction of sp³-hybridized carbons (Fsp3) is 0.267. The zero-order chi connectivity index (χ0) is 27.6. The van der Waals surface area contributed by atoms with Gasteiger partial charge in [-0.25, -0.2) is 9.50 Å². The summed E-state index contributed by atoms with van der Waals surface area (Å²) in [6.45, 7) is 4.57. The van der Waals surface area contributed by atoms with Crippen molar-refractivity contribution in [2.24, 2.45) is 0 Å². The number of fused-ring (bicyclic) bond motifs is 1. The third-order valence-corrected chi connectivity index (χ3v) is 6.43. The Hall–Kier alpha value is -4.68. The molecule has 0 saturated heterocycles. The van der Waals surface area contributed by atoms with Gasteiger partial charge in [0.25, 0.3) is 5.91 Å². The number of terminal acetylenes is 1. The molecular weight excluding hydrogens is 494 g/mol. The minimum absolute atomic E-state index is 0.0652. The summed E-state index contributed by atoms with van der Waals surface area (Å²) in [5.41, 5.74) is 4.61. The van der Waals surface area contributed by atoms with Crippen LogP contribution in [-0.2, 0) is 0 Å². The molecule has 4 aromatic heterocycles. The Kier molecular flexibility index (Phi) is 7.05. The molecule has 1 amide bonds. The van der Waals surface area contributed by atoms with Gasteiger partial charge in [0, 0.05) is 42.7 Å². The summed E-state index contributed by atoms with van der Waals surface area (Å²) in [6.07, 6.45) is 15.2. The number of ether oxygens (including phenoxy) is 2. The predicted molar refractivity (Wildman–Crippen MR) is 147 cm³/mol. The van der Waals surface area contributed by atoms with Gasteiger partial charge >= 0.3 is 0 Å². The van der Waals surface area contributed by atoms with Crippen LogP contribution in [0.3, 0.4) is 0 Å². The van der Waals surface area contributed by atoms with Crippen LogP contribution in [0, 0.1) is 12.3 Å². The summed E-state index contributed by atoms with van der Waals surface area (Å²) in [6, 6.07) is 9.26. The van der Waals surface area contributed by atoms with Crippen molar-refractivity contribution in [1.29, 1.82) is 0 Å². The Morgan fingerprint density at radius 2 is 2.03 bits per heavy atom. The Bertz CT molecular complexity index is 1580. The van der Waals surface area contributed by atoms with Gasteiger partial charge in [0.15, 0.2) is 0 Å². The van der Waals surface area contributed by atoms with Gasteiger partial charge in [-0.05, 0) is 44.0 Å². The van der Waals surface area contributed by atoms with Gasteiger partial charge in [0.1, 0.15) is 12.4 Å². The van der Waals surface area contributed by atoms with E-state index in [0.29, 0.717) is 42.3 Å². The molecule has 198 valence electrons. The van der Waals surface area contributed by atoms with Crippen LogP contribution >= 0.6 is 0 Å². The highest BCUT2D eigenvalue weighted by atomic mass is 16.5. The first-order valence-corrected chi connectivity index (χ1v) is 12.5. The van der Waals surface area contributed by atoms with E-state index in [-0.39, 0.29) is 12.5 Å². The van der Waals surface area contributed by atoms with Gasteiger partial charge in [0.05, 0.1) is 47.4 Å². The Labute approximate surface area is 226 Å². The lowest BCUT2D eigenvalue weighted by Crippen LogP contribution is -2.34. The molecule has 9 heteroatoms. The molecule has 0 spiro atoms. The monoisotopic (exact) mass is 523 g/mol. The van der Waals surface area contributed by atoms with Crippen LogP contribution in [0.5, 0.6) is 11.6 Å². The number of carbonyl (C=O) groups is 1. The number of methoxy groups -OCH3 is 1. The fourth-order valence-electron chi connectivity index (χ4n) is 4.40. The van der Waals surface area contributed by atoms with Gasteiger partial charge < -0.3 is 19.5 Å². The molecule has 1 N–H and O–H groups in total. The zero-order valence-corrected chi connectivity index (χ0v) is 22.1. The molecule has 1 aliphatic heterocycles. The molecule has 5 rings (SSSR count). The van der Waals surface area contributed by atoms with E-state index in [0.717, 1.165) is 27.9 Å². The van der Waals surface area contributed by atoms with Crippen molar-refractivity contribution < 1.29 is 19.4 Å². The number of rotatable bonds is 7. The average Bonchev–Trinajstić information content (AvgIpc) is 3.38. The van der Waals surface area contributed by atoms with Gasteiger partial charge in [-0.15, -0.1) is 6.42 Å². The molecule has 5 heterocycles. The molecule has 9 nitrogen and oxygen atoms in total. The summed E-state index contributed by atoms with van der Waals surface area (Å²) >= 11 is 0. The third kappa shape index (κ3) is 5.61. The summed E-state index contributed by atoms with van der Waals surface area (Å²) in [5.74, 6) is 3.66. The number of pyridine rings is 3. The molecule has 0 bridgehead atoms. The van der Waals surface area contributed by atoms with Crippen molar-refractivity contribution in [2.45, 2.75) is 25.9 Å². The summed E-state index contributed by atoms with van der Waals surface area (Å²) in [4.78, 5) is 23.5. The third-order valence-electron chi connectivity index (χ3n) is 6.43. The summed E-state index contributed by atoms with van der Waals surface area (Å²) in [7, 11) is 1.54. The lowest BCUT2D eigenvalue weighted by molar-refractivity contribution is 0.0283. The first kappa shape index (κ1) is 25.9. The number of carbonyl (C=O) groups excluding carboxylic acids is 1. The van der Waals surface area contributed by atoms with Crippen LogP contribution in [0.15, 0.2) is 61.2 Å². The molecule has 0 aliphatic carbocycles. The average molecular weight is 524 g/mol. The minimum Gasteiger partial charge on any atom is -0.489 e. The van der Waals surface area contributed by atoms with E-state index in [4.69, 9.17) is 20.9 Å². The van der Waals surface area contributed by atoms with Crippen LogP contribution in [0.25, 0.3) is 22.2 Å². The molecule has 39 heavy (non-hydrogen) atoms. The summed E-state index contributed by atoms with van der Waals surface area (Å²) in [5, 5.41) is 14.5. The number of aliphatic hydroxyl groups is 1. The van der Waals surface area contributed by atoms with Crippen molar-refractivity contribution in [3.8, 4) is 35.1 Å². The van der Waals surface area contributed by atoms with Gasteiger partial charge in [-0.2, -0.15) is 5.10 Å². The van der Waals surface area contributed by atoms with Crippen LogP contribution in [0.1, 0.15) is 41.9 Å². The largest absolute Gasteiger partial charge is 0.489 e. The topological polar surface area (TPSA) is 102 Å². The van der Waals surface area contributed by atoms with Gasteiger partial charge in [-0.1, -0.05) is 18.1 Å². The Morgan fingerprint density at radius 3 is 2.64 bits per heavy atom. The molecule has 0 aromatic carbocycles. The molecular formula is C30H29N5O4. The van der Waals surface area contributed by atoms with E-state index in [1.54, 1.807) is 61.1 Å². The Morgan fingerprint density at radius 1 is 1.18 bits per heavy atom. The fourth-order valence-corrected chi connectivity index (χ4v) is 4.40. The van der Waals surface area contributed by atoms with Crippen molar-refractivity contribution in [1.82, 2.24) is 24.5 Å². The smallest absolute Gasteiger partial charge is 0.255 e. The number of nitrogens with zero attached hydrogens (tertiary/aromatic N) is 5. The molecule has 4 aromatic rings. The SMILES string of the molecule is C#Cc1cnn2cc(OCC(C)(C)O)cc(-c3ccc(C4=CCN(C(=O)c5ccc(OC)nc5)CC4)nc3)c12. The Balaban J connectivity index is 1.36. The van der Waals surface area contributed by atoms with Crippen molar-refractivity contribution >= 4 is 17.0 Å². The lowest BCUT2D eigenvalue weighted by Gasteiger charge is -2.26. The molecule has 0 fully saturated rings. The quantitative estimate of drug-likeness (QED) is 0.367. The maximum Gasteiger partial charge on any atom is 0.255 e. The number of hydrogen-bond donors (Lipinski definition) is 1. The van der Waals surface area contributed by atoms with Crippen molar-refractivity contribution in [3.05, 3.63) is 78.0 Å². The van der Waals surface area contributed by atoms with Crippen molar-refractivity contribution in [3.63, 3.8) is 0 Å².